The fourth-order valence-electron chi connectivity index (χ4n) is 3.88. The van der Waals surface area contributed by atoms with Crippen molar-refractivity contribution in [1.82, 2.24) is 9.88 Å². The smallest absolute Gasteiger partial charge is 0.256 e. The summed E-state index contributed by atoms with van der Waals surface area (Å²) in [6.07, 6.45) is 9.46. The number of carbonyl (C=O) groups is 2. The first kappa shape index (κ1) is 26.3. The zero-order chi connectivity index (χ0) is 25.8. The van der Waals surface area contributed by atoms with Crippen LogP contribution >= 0.6 is 10.0 Å². The minimum atomic E-state index is -0.869. The molecule has 0 saturated carbocycles. The van der Waals surface area contributed by atoms with Gasteiger partial charge in [-0.15, -0.1) is 0 Å². The Bertz CT molecular complexity index is 1240. The Hall–Kier alpha value is -3.32. The van der Waals surface area contributed by atoms with Gasteiger partial charge in [0.15, 0.2) is 0 Å². The molecular weight excluding hydrogens is 458 g/mol. The highest BCUT2D eigenvalue weighted by Crippen LogP contribution is 2.45. The first-order valence-electron chi connectivity index (χ1n) is 11.7. The van der Waals surface area contributed by atoms with Crippen molar-refractivity contribution in [3.63, 3.8) is 0 Å². The maximum Gasteiger partial charge on any atom is 0.256 e. The topological polar surface area (TPSA) is 82.3 Å². The molecule has 35 heavy (non-hydrogen) atoms. The third-order valence-corrected chi connectivity index (χ3v) is 7.78. The predicted octanol–water partition coefficient (Wildman–Crippen LogP) is 5.00. The lowest BCUT2D eigenvalue weighted by molar-refractivity contribution is -0.120. The number of nitrogens with one attached hydrogen (secondary N) is 2. The molecule has 0 fully saturated rings. The molecule has 1 heterocycles. The zero-order valence-corrected chi connectivity index (χ0v) is 22.2. The summed E-state index contributed by atoms with van der Waals surface area (Å²) in [7, 11) is 0.745. The van der Waals surface area contributed by atoms with Crippen LogP contribution in [0, 0.1) is 0 Å². The molecule has 186 valence electrons. The van der Waals surface area contributed by atoms with Crippen molar-refractivity contribution in [2.45, 2.75) is 37.6 Å². The number of carbonyl (C=O) groups excluding carboxylic acids is 2. The molecule has 2 N–H and O–H groups in total. The maximum atomic E-state index is 13.5. The van der Waals surface area contributed by atoms with Crippen LogP contribution in [0.4, 0.5) is 5.69 Å². The number of benzene rings is 2. The van der Waals surface area contributed by atoms with E-state index in [-0.39, 0.29) is 17.4 Å². The minimum absolute atomic E-state index is 0.211. The molecular formula is C28H35N3O3S. The molecule has 7 heteroatoms. The SMILES string of the molecule is CCc1ccc(C(C(=O)Nc2ccc(S(C)(C)C)cc2)N(C)C(=O)c2c[nH]c(=O)c(CC)c2)cc1. The van der Waals surface area contributed by atoms with Gasteiger partial charge in [0.1, 0.15) is 6.04 Å². The molecule has 1 atom stereocenters. The van der Waals surface area contributed by atoms with Crippen LogP contribution in [0.5, 0.6) is 0 Å². The fourth-order valence-corrected chi connectivity index (χ4v) is 4.83. The van der Waals surface area contributed by atoms with E-state index >= 15 is 0 Å². The summed E-state index contributed by atoms with van der Waals surface area (Å²) >= 11 is 0. The third kappa shape index (κ3) is 6.22. The number of H-pyrrole nitrogens is 1. The maximum absolute atomic E-state index is 13.5. The molecule has 6 nitrogen and oxygen atoms in total. The molecule has 3 aromatic rings. The second-order valence-corrected chi connectivity index (χ2v) is 13.5. The van der Waals surface area contributed by atoms with Gasteiger partial charge in [-0.05, 0) is 78.0 Å². The average Bonchev–Trinajstić information content (AvgIpc) is 2.84. The Labute approximate surface area is 209 Å². The average molecular weight is 494 g/mol. The van der Waals surface area contributed by atoms with E-state index in [2.05, 4.69) is 36.0 Å². The van der Waals surface area contributed by atoms with Crippen LogP contribution in [0.3, 0.4) is 0 Å². The highest BCUT2D eigenvalue weighted by atomic mass is 32.3. The van der Waals surface area contributed by atoms with E-state index in [9.17, 15) is 14.4 Å². The Morgan fingerprint density at radius 3 is 2.14 bits per heavy atom. The summed E-state index contributed by atoms with van der Waals surface area (Å²) in [6.45, 7) is 3.93. The molecule has 1 unspecified atom stereocenters. The van der Waals surface area contributed by atoms with Crippen LogP contribution in [-0.4, -0.2) is 47.5 Å². The van der Waals surface area contributed by atoms with Crippen molar-refractivity contribution in [3.8, 4) is 0 Å². The van der Waals surface area contributed by atoms with E-state index in [4.69, 9.17) is 0 Å². The first-order valence-corrected chi connectivity index (χ1v) is 14.6. The fraction of sp³-hybridized carbons (Fsp3) is 0.321. The quantitative estimate of drug-likeness (QED) is 0.463. The van der Waals surface area contributed by atoms with Gasteiger partial charge in [0.05, 0.1) is 5.56 Å². The van der Waals surface area contributed by atoms with Crippen LogP contribution in [0.25, 0.3) is 0 Å². The van der Waals surface area contributed by atoms with E-state index in [0.717, 1.165) is 12.0 Å². The van der Waals surface area contributed by atoms with Gasteiger partial charge in [-0.1, -0.05) is 38.1 Å². The van der Waals surface area contributed by atoms with Crippen molar-refractivity contribution in [2.24, 2.45) is 0 Å². The lowest BCUT2D eigenvalue weighted by atomic mass is 10.0. The largest absolute Gasteiger partial charge is 0.328 e. The Morgan fingerprint density at radius 1 is 0.971 bits per heavy atom. The van der Waals surface area contributed by atoms with Gasteiger partial charge < -0.3 is 15.2 Å². The second-order valence-electron chi connectivity index (χ2n) is 9.36. The lowest BCUT2D eigenvalue weighted by Crippen LogP contribution is -2.39. The lowest BCUT2D eigenvalue weighted by Gasteiger charge is -2.28. The van der Waals surface area contributed by atoms with Crippen LogP contribution in [0.2, 0.25) is 0 Å². The van der Waals surface area contributed by atoms with Gasteiger partial charge in [-0.25, -0.2) is 10.0 Å². The molecule has 0 aliphatic rings. The number of nitrogens with zero attached hydrogens (tertiary/aromatic N) is 1. The summed E-state index contributed by atoms with van der Waals surface area (Å²) in [4.78, 5) is 44.2. The summed E-state index contributed by atoms with van der Waals surface area (Å²) in [5, 5.41) is 2.99. The van der Waals surface area contributed by atoms with Crippen LogP contribution in [0.15, 0.2) is 70.5 Å². The molecule has 0 radical (unpaired) electrons. The Morgan fingerprint density at radius 2 is 1.60 bits per heavy atom. The molecule has 0 aliphatic heterocycles. The molecule has 2 aromatic carbocycles. The van der Waals surface area contributed by atoms with E-state index in [1.165, 1.54) is 16.0 Å². The predicted molar refractivity (Wildman–Crippen MR) is 146 cm³/mol. The van der Waals surface area contributed by atoms with Crippen molar-refractivity contribution >= 4 is 27.5 Å². The number of amides is 2. The van der Waals surface area contributed by atoms with Gasteiger partial charge in [0, 0.05) is 24.5 Å². The van der Waals surface area contributed by atoms with E-state index in [0.29, 0.717) is 28.8 Å². The van der Waals surface area contributed by atoms with Gasteiger partial charge in [-0.3, -0.25) is 14.4 Å². The van der Waals surface area contributed by atoms with Gasteiger partial charge in [0.25, 0.3) is 17.4 Å². The number of hydrogen-bond acceptors (Lipinski definition) is 3. The van der Waals surface area contributed by atoms with E-state index in [1.807, 2.05) is 55.5 Å². The zero-order valence-electron chi connectivity index (χ0n) is 21.3. The highest BCUT2D eigenvalue weighted by Gasteiger charge is 2.30. The first-order chi connectivity index (χ1) is 16.5. The number of aromatic nitrogens is 1. The summed E-state index contributed by atoms with van der Waals surface area (Å²) < 4.78 is 0. The number of rotatable bonds is 8. The van der Waals surface area contributed by atoms with E-state index in [1.54, 1.807) is 13.1 Å². The number of pyridine rings is 1. The monoisotopic (exact) mass is 493 g/mol. The summed E-state index contributed by atoms with van der Waals surface area (Å²) in [6, 6.07) is 16.4. The molecule has 0 spiro atoms. The molecule has 2 amide bonds. The Balaban J connectivity index is 1.94. The van der Waals surface area contributed by atoms with Crippen LogP contribution < -0.4 is 10.9 Å². The van der Waals surface area contributed by atoms with Crippen molar-refractivity contribution in [1.29, 1.82) is 0 Å². The Kier molecular flexibility index (Phi) is 8.22. The molecule has 3 rings (SSSR count). The van der Waals surface area contributed by atoms with Crippen molar-refractivity contribution in [3.05, 3.63) is 93.4 Å². The molecule has 0 aliphatic carbocycles. The normalized spacial score (nSPS) is 12.6. The number of hydrogen-bond donors (Lipinski definition) is 2. The van der Waals surface area contributed by atoms with Crippen LogP contribution in [0.1, 0.15) is 46.9 Å². The standard InChI is InChI=1S/C28H35N3O3S/c1-7-19-9-11-21(12-10-19)25(27(33)30-23-13-15-24(16-14-23)35(4,5)6)31(3)28(34)22-17-20(8-2)26(32)29-18-22/h9-18,25H,7-8H2,1-6H3,(H,29,32)(H,30,33). The number of anilines is 1. The van der Waals surface area contributed by atoms with Crippen LogP contribution in [-0.2, 0) is 17.6 Å². The van der Waals surface area contributed by atoms with E-state index < -0.39 is 16.1 Å². The van der Waals surface area contributed by atoms with Gasteiger partial charge >= 0.3 is 0 Å². The third-order valence-electron chi connectivity index (χ3n) is 6.10. The summed E-state index contributed by atoms with van der Waals surface area (Å²) in [5.41, 5.74) is 3.19. The molecule has 1 aromatic heterocycles. The number of likely N-dealkylation sites (N-methyl/N-ethyl adjacent to an activating group) is 1. The van der Waals surface area contributed by atoms with Gasteiger partial charge in [-0.2, -0.15) is 0 Å². The van der Waals surface area contributed by atoms with Gasteiger partial charge in [0.2, 0.25) is 0 Å². The minimum Gasteiger partial charge on any atom is -0.328 e. The number of aryl methyl sites for hydroxylation is 2. The summed E-state index contributed by atoms with van der Waals surface area (Å²) in [5.74, 6) is -0.650. The highest BCUT2D eigenvalue weighted by molar-refractivity contribution is 8.32. The second kappa shape index (κ2) is 11.0. The number of aromatic amines is 1. The van der Waals surface area contributed by atoms with Crippen molar-refractivity contribution < 1.29 is 9.59 Å². The van der Waals surface area contributed by atoms with Crippen molar-refractivity contribution in [2.75, 3.05) is 31.1 Å². The molecule has 0 bridgehead atoms. The molecule has 0 saturated heterocycles.